The van der Waals surface area contributed by atoms with Crippen LogP contribution in [0, 0.1) is 10.1 Å². The molecule has 152 valence electrons. The van der Waals surface area contributed by atoms with Crippen molar-refractivity contribution in [3.8, 4) is 11.5 Å². The summed E-state index contributed by atoms with van der Waals surface area (Å²) in [5, 5.41) is 11.7. The summed E-state index contributed by atoms with van der Waals surface area (Å²) in [4.78, 5) is 23.0. The Kier molecular flexibility index (Phi) is 6.83. The molecular weight excluding hydrogens is 406 g/mol. The molecule has 0 radical (unpaired) electrons. The summed E-state index contributed by atoms with van der Waals surface area (Å²) >= 11 is 5.97. The van der Waals surface area contributed by atoms with Gasteiger partial charge in [-0.2, -0.15) is 0 Å². The van der Waals surface area contributed by atoms with Crippen LogP contribution in [0.5, 0.6) is 11.5 Å². The van der Waals surface area contributed by atoms with Gasteiger partial charge in [0.25, 0.3) is 5.69 Å². The lowest BCUT2D eigenvalue weighted by molar-refractivity contribution is -0.385. The number of allylic oxidation sites excluding steroid dienone is 1. The van der Waals surface area contributed by atoms with Crippen molar-refractivity contribution in [2.75, 3.05) is 7.11 Å². The highest BCUT2D eigenvalue weighted by atomic mass is 35.5. The van der Waals surface area contributed by atoms with Gasteiger partial charge in [-0.3, -0.25) is 14.9 Å². The van der Waals surface area contributed by atoms with Crippen molar-refractivity contribution in [3.63, 3.8) is 0 Å². The smallest absolute Gasteiger partial charge is 0.280 e. The molecule has 0 spiro atoms. The summed E-state index contributed by atoms with van der Waals surface area (Å²) < 4.78 is 11.2. The van der Waals surface area contributed by atoms with Gasteiger partial charge < -0.3 is 9.47 Å². The minimum atomic E-state index is -0.570. The summed E-state index contributed by atoms with van der Waals surface area (Å²) in [5.74, 6) is 0.811. The number of rotatable bonds is 8. The van der Waals surface area contributed by atoms with Crippen LogP contribution in [0.25, 0.3) is 6.08 Å². The first-order chi connectivity index (χ1) is 14.5. The SMILES string of the molecule is COc1ccc(/C=C/C(=O)c2ccccc2[N+](=O)[O-])cc1COc1cccc(Cl)c1. The third-order valence-electron chi connectivity index (χ3n) is 4.29. The first-order valence-electron chi connectivity index (χ1n) is 8.99. The molecule has 3 aromatic rings. The van der Waals surface area contributed by atoms with Crippen LogP contribution in [-0.4, -0.2) is 17.8 Å². The molecule has 0 N–H and O–H groups in total. The molecule has 30 heavy (non-hydrogen) atoms. The monoisotopic (exact) mass is 423 g/mol. The van der Waals surface area contributed by atoms with E-state index in [-0.39, 0.29) is 17.9 Å². The van der Waals surface area contributed by atoms with Gasteiger partial charge in [-0.1, -0.05) is 41.9 Å². The Hall–Kier alpha value is -3.64. The molecule has 0 heterocycles. The van der Waals surface area contributed by atoms with Gasteiger partial charge in [0.2, 0.25) is 0 Å². The Balaban J connectivity index is 1.79. The molecule has 0 saturated carbocycles. The molecule has 7 heteroatoms. The van der Waals surface area contributed by atoms with Crippen LogP contribution in [0.4, 0.5) is 5.69 Å². The predicted molar refractivity (Wildman–Crippen MR) is 115 cm³/mol. The quantitative estimate of drug-likeness (QED) is 0.200. The highest BCUT2D eigenvalue weighted by molar-refractivity contribution is 6.30. The van der Waals surface area contributed by atoms with Crippen molar-refractivity contribution >= 4 is 29.1 Å². The fourth-order valence-corrected chi connectivity index (χ4v) is 3.02. The number of benzene rings is 3. The number of nitro groups is 1. The summed E-state index contributed by atoms with van der Waals surface area (Å²) in [6.45, 7) is 0.239. The molecule has 0 fully saturated rings. The second-order valence-corrected chi connectivity index (χ2v) is 6.73. The lowest BCUT2D eigenvalue weighted by Gasteiger charge is -2.11. The van der Waals surface area contributed by atoms with Crippen molar-refractivity contribution in [3.05, 3.63) is 105 Å². The Labute approximate surface area is 178 Å². The number of carbonyl (C=O) groups excluding carboxylic acids is 1. The van der Waals surface area contributed by atoms with Crippen LogP contribution >= 0.6 is 11.6 Å². The number of halogens is 1. The minimum absolute atomic E-state index is 0.0387. The van der Waals surface area contributed by atoms with Gasteiger partial charge in [-0.25, -0.2) is 0 Å². The molecule has 0 amide bonds. The van der Waals surface area contributed by atoms with Crippen LogP contribution in [0.15, 0.2) is 72.8 Å². The summed E-state index contributed by atoms with van der Waals surface area (Å²) in [6, 6.07) is 18.3. The molecule has 3 aromatic carbocycles. The van der Waals surface area contributed by atoms with Gasteiger partial charge in [-0.05, 0) is 48.0 Å². The Bertz CT molecular complexity index is 1110. The number of ether oxygens (including phenoxy) is 2. The molecule has 0 unspecified atom stereocenters. The van der Waals surface area contributed by atoms with Crippen LogP contribution < -0.4 is 9.47 Å². The van der Waals surface area contributed by atoms with E-state index in [4.69, 9.17) is 21.1 Å². The van der Waals surface area contributed by atoms with Crippen LogP contribution in [0.1, 0.15) is 21.5 Å². The van der Waals surface area contributed by atoms with Gasteiger partial charge in [0.1, 0.15) is 18.1 Å². The number of para-hydroxylation sites is 1. The molecule has 3 rings (SSSR count). The highest BCUT2D eigenvalue weighted by Gasteiger charge is 2.17. The van der Waals surface area contributed by atoms with Crippen molar-refractivity contribution < 1.29 is 19.2 Å². The molecular formula is C23H18ClNO5. The fraction of sp³-hybridized carbons (Fsp3) is 0.0870. The van der Waals surface area contributed by atoms with E-state index < -0.39 is 10.7 Å². The Morgan fingerprint density at radius 3 is 2.63 bits per heavy atom. The molecule has 0 bridgehead atoms. The fourth-order valence-electron chi connectivity index (χ4n) is 2.84. The molecule has 6 nitrogen and oxygen atoms in total. The minimum Gasteiger partial charge on any atom is -0.496 e. The van der Waals surface area contributed by atoms with Crippen molar-refractivity contribution in [1.82, 2.24) is 0 Å². The van der Waals surface area contributed by atoms with Crippen LogP contribution in [0.3, 0.4) is 0 Å². The Morgan fingerprint density at radius 2 is 1.90 bits per heavy atom. The second-order valence-electron chi connectivity index (χ2n) is 6.29. The van der Waals surface area contributed by atoms with Gasteiger partial charge in [-0.15, -0.1) is 0 Å². The lowest BCUT2D eigenvalue weighted by atomic mass is 10.1. The van der Waals surface area contributed by atoms with Crippen LogP contribution in [0.2, 0.25) is 5.02 Å². The van der Waals surface area contributed by atoms with E-state index in [1.54, 1.807) is 55.7 Å². The van der Waals surface area contributed by atoms with Crippen molar-refractivity contribution in [2.45, 2.75) is 6.61 Å². The average Bonchev–Trinajstić information content (AvgIpc) is 2.76. The number of ketones is 1. The largest absolute Gasteiger partial charge is 0.496 e. The maximum Gasteiger partial charge on any atom is 0.280 e. The van der Waals surface area contributed by atoms with E-state index in [0.717, 1.165) is 11.1 Å². The van der Waals surface area contributed by atoms with Gasteiger partial charge in [0, 0.05) is 16.7 Å². The average molecular weight is 424 g/mol. The number of nitro benzene ring substituents is 1. The van der Waals surface area contributed by atoms with E-state index in [9.17, 15) is 14.9 Å². The number of nitrogens with zero attached hydrogens (tertiary/aromatic N) is 1. The van der Waals surface area contributed by atoms with E-state index in [2.05, 4.69) is 0 Å². The van der Waals surface area contributed by atoms with Crippen molar-refractivity contribution in [2.24, 2.45) is 0 Å². The van der Waals surface area contributed by atoms with E-state index in [1.807, 2.05) is 6.07 Å². The van der Waals surface area contributed by atoms with Crippen molar-refractivity contribution in [1.29, 1.82) is 0 Å². The summed E-state index contributed by atoms with van der Waals surface area (Å²) in [5.41, 5.74) is 1.32. The molecule has 0 aromatic heterocycles. The molecule has 0 aliphatic carbocycles. The number of carbonyl (C=O) groups is 1. The van der Waals surface area contributed by atoms with E-state index in [1.165, 1.54) is 24.3 Å². The zero-order valence-electron chi connectivity index (χ0n) is 16.1. The highest BCUT2D eigenvalue weighted by Crippen LogP contribution is 2.25. The number of methoxy groups -OCH3 is 1. The first-order valence-corrected chi connectivity index (χ1v) is 9.37. The van der Waals surface area contributed by atoms with Crippen LogP contribution in [-0.2, 0) is 6.61 Å². The van der Waals surface area contributed by atoms with E-state index in [0.29, 0.717) is 16.5 Å². The number of hydrogen-bond donors (Lipinski definition) is 0. The normalized spacial score (nSPS) is 10.7. The van der Waals surface area contributed by atoms with Gasteiger partial charge in [0.15, 0.2) is 5.78 Å². The van der Waals surface area contributed by atoms with Gasteiger partial charge >= 0.3 is 0 Å². The zero-order chi connectivity index (χ0) is 21.5. The van der Waals surface area contributed by atoms with E-state index >= 15 is 0 Å². The summed E-state index contributed by atoms with van der Waals surface area (Å²) in [7, 11) is 1.56. The number of hydrogen-bond acceptors (Lipinski definition) is 5. The first kappa shape index (κ1) is 21.1. The van der Waals surface area contributed by atoms with Gasteiger partial charge in [0.05, 0.1) is 17.6 Å². The second kappa shape index (κ2) is 9.71. The maximum atomic E-state index is 12.4. The molecule has 0 aliphatic heterocycles. The Morgan fingerprint density at radius 1 is 1.10 bits per heavy atom. The lowest BCUT2D eigenvalue weighted by Crippen LogP contribution is -2.01. The zero-order valence-corrected chi connectivity index (χ0v) is 16.8. The molecule has 0 aliphatic rings. The molecule has 0 atom stereocenters. The predicted octanol–water partition coefficient (Wildman–Crippen LogP) is 5.73. The molecule has 0 saturated heterocycles. The summed E-state index contributed by atoms with van der Waals surface area (Å²) in [6.07, 6.45) is 2.91. The maximum absolute atomic E-state index is 12.4. The third-order valence-corrected chi connectivity index (χ3v) is 4.52. The standard InChI is InChI=1S/C23H18ClNO5/c1-29-23-12-10-16(13-17(23)15-30-19-6-4-5-18(24)14-19)9-11-22(26)20-7-2-3-8-21(20)25(27)28/h2-14H,15H2,1H3/b11-9+. The topological polar surface area (TPSA) is 78.7 Å². The third kappa shape index (κ3) is 5.24.